The maximum Gasteiger partial charge on any atom is 0.320 e. The highest BCUT2D eigenvalue weighted by atomic mass is 35.5. The summed E-state index contributed by atoms with van der Waals surface area (Å²) in [5.41, 5.74) is 2.39. The molecule has 1 heterocycles. The fourth-order valence-electron chi connectivity index (χ4n) is 2.95. The molecule has 0 radical (unpaired) electrons. The molecule has 0 amide bonds. The summed E-state index contributed by atoms with van der Waals surface area (Å²) in [6.07, 6.45) is 0. The van der Waals surface area contributed by atoms with E-state index < -0.39 is 0 Å². The van der Waals surface area contributed by atoms with Crippen LogP contribution in [0.3, 0.4) is 0 Å². The van der Waals surface area contributed by atoms with Gasteiger partial charge in [-0.25, -0.2) is 4.39 Å². The Balaban J connectivity index is 1.98. The lowest BCUT2D eigenvalue weighted by Crippen LogP contribution is -2.02. The van der Waals surface area contributed by atoms with Crippen LogP contribution in [-0.2, 0) is 0 Å². The van der Waals surface area contributed by atoms with E-state index in [4.69, 9.17) is 44.3 Å². The molecular formula is C23H14Cl3FN2O2. The van der Waals surface area contributed by atoms with Crippen LogP contribution in [0.2, 0.25) is 15.1 Å². The number of rotatable bonds is 5. The van der Waals surface area contributed by atoms with Crippen molar-refractivity contribution in [1.29, 1.82) is 0 Å². The third-order valence-electron chi connectivity index (χ3n) is 4.39. The predicted octanol–water partition coefficient (Wildman–Crippen LogP) is 7.71. The first kappa shape index (κ1) is 21.4. The fraction of sp³-hybridized carbons (Fsp3) is 0.0435. The Morgan fingerprint density at radius 1 is 0.806 bits per heavy atom. The lowest BCUT2D eigenvalue weighted by molar-refractivity contribution is 0.367. The molecule has 0 spiro atoms. The largest absolute Gasteiger partial charge is 0.467 e. The molecule has 0 unspecified atom stereocenters. The van der Waals surface area contributed by atoms with Gasteiger partial charge in [-0.1, -0.05) is 46.9 Å². The van der Waals surface area contributed by atoms with Gasteiger partial charge in [-0.2, -0.15) is 9.97 Å². The summed E-state index contributed by atoms with van der Waals surface area (Å²) in [7, 11) is 1.45. The molecule has 4 aromatic rings. The molecule has 0 aliphatic carbocycles. The Hall–Kier alpha value is -2.86. The highest BCUT2D eigenvalue weighted by Crippen LogP contribution is 2.42. The number of ether oxygens (including phenoxy) is 2. The normalized spacial score (nSPS) is 10.7. The second-order valence-corrected chi connectivity index (χ2v) is 7.71. The van der Waals surface area contributed by atoms with E-state index in [1.165, 1.54) is 31.4 Å². The molecule has 0 fully saturated rings. The van der Waals surface area contributed by atoms with Crippen molar-refractivity contribution in [2.24, 2.45) is 0 Å². The molecule has 4 rings (SSSR count). The Labute approximate surface area is 193 Å². The summed E-state index contributed by atoms with van der Waals surface area (Å²) >= 11 is 18.6. The van der Waals surface area contributed by atoms with Crippen molar-refractivity contribution in [3.63, 3.8) is 0 Å². The average Bonchev–Trinajstić information content (AvgIpc) is 2.76. The van der Waals surface area contributed by atoms with E-state index in [0.29, 0.717) is 37.6 Å². The van der Waals surface area contributed by atoms with Crippen molar-refractivity contribution in [3.05, 3.63) is 87.6 Å². The number of benzene rings is 3. The average molecular weight is 476 g/mol. The van der Waals surface area contributed by atoms with Crippen LogP contribution in [0, 0.1) is 5.82 Å². The maximum atomic E-state index is 13.3. The van der Waals surface area contributed by atoms with Gasteiger partial charge in [-0.15, -0.1) is 0 Å². The van der Waals surface area contributed by atoms with Crippen molar-refractivity contribution < 1.29 is 13.9 Å². The van der Waals surface area contributed by atoms with Gasteiger partial charge >= 0.3 is 6.01 Å². The third kappa shape index (κ3) is 4.74. The molecule has 31 heavy (non-hydrogen) atoms. The summed E-state index contributed by atoms with van der Waals surface area (Å²) < 4.78 is 24.7. The second kappa shape index (κ2) is 9.10. The first-order valence-corrected chi connectivity index (χ1v) is 10.2. The van der Waals surface area contributed by atoms with Crippen LogP contribution in [0.4, 0.5) is 4.39 Å². The molecule has 1 aromatic heterocycles. The van der Waals surface area contributed by atoms with Crippen molar-refractivity contribution in [1.82, 2.24) is 9.97 Å². The van der Waals surface area contributed by atoms with Gasteiger partial charge in [0.1, 0.15) is 11.6 Å². The molecule has 0 saturated heterocycles. The number of nitrogens with zero attached hydrogens (tertiary/aromatic N) is 2. The lowest BCUT2D eigenvalue weighted by atomic mass is 10.00. The zero-order chi connectivity index (χ0) is 22.0. The van der Waals surface area contributed by atoms with Crippen LogP contribution >= 0.6 is 34.8 Å². The third-order valence-corrected chi connectivity index (χ3v) is 5.18. The number of methoxy groups -OCH3 is 1. The molecule has 0 aliphatic rings. The standard InChI is InChI=1S/C23H14Cl3FN2O2/c1-30-23-28-21(18-11-6-15(25)12-19(18)26)20(13-2-4-14(24)5-3-13)22(29-23)31-17-9-7-16(27)8-10-17/h2-12H,1H3. The first-order chi connectivity index (χ1) is 14.9. The van der Waals surface area contributed by atoms with E-state index >= 15 is 0 Å². The van der Waals surface area contributed by atoms with E-state index in [0.717, 1.165) is 5.56 Å². The number of hydrogen-bond donors (Lipinski definition) is 0. The monoisotopic (exact) mass is 474 g/mol. The van der Waals surface area contributed by atoms with Crippen LogP contribution < -0.4 is 9.47 Å². The van der Waals surface area contributed by atoms with E-state index in [1.807, 2.05) is 12.1 Å². The van der Waals surface area contributed by atoms with E-state index in [9.17, 15) is 4.39 Å². The first-order valence-electron chi connectivity index (χ1n) is 9.05. The molecular weight excluding hydrogens is 462 g/mol. The molecule has 8 heteroatoms. The Morgan fingerprint density at radius 3 is 2.13 bits per heavy atom. The van der Waals surface area contributed by atoms with Gasteiger partial charge in [0.2, 0.25) is 5.88 Å². The summed E-state index contributed by atoms with van der Waals surface area (Å²) in [5.74, 6) is 0.228. The lowest BCUT2D eigenvalue weighted by Gasteiger charge is -2.16. The van der Waals surface area contributed by atoms with Gasteiger partial charge in [0.25, 0.3) is 0 Å². The smallest absolute Gasteiger partial charge is 0.320 e. The Bertz CT molecular complexity index is 1230. The van der Waals surface area contributed by atoms with Crippen molar-refractivity contribution >= 4 is 34.8 Å². The number of hydrogen-bond acceptors (Lipinski definition) is 4. The SMILES string of the molecule is COc1nc(Oc2ccc(F)cc2)c(-c2ccc(Cl)cc2)c(-c2ccc(Cl)cc2Cl)n1. The molecule has 3 aromatic carbocycles. The van der Waals surface area contributed by atoms with Gasteiger partial charge in [0, 0.05) is 15.6 Å². The fourth-order valence-corrected chi connectivity index (χ4v) is 3.58. The Morgan fingerprint density at radius 2 is 1.48 bits per heavy atom. The zero-order valence-electron chi connectivity index (χ0n) is 16.1. The molecule has 0 aliphatic heterocycles. The van der Waals surface area contributed by atoms with Gasteiger partial charge in [-0.05, 0) is 60.2 Å². The highest BCUT2D eigenvalue weighted by Gasteiger charge is 2.22. The maximum absolute atomic E-state index is 13.3. The predicted molar refractivity (Wildman–Crippen MR) is 121 cm³/mol. The van der Waals surface area contributed by atoms with Gasteiger partial charge < -0.3 is 9.47 Å². The van der Waals surface area contributed by atoms with Crippen LogP contribution in [-0.4, -0.2) is 17.1 Å². The summed E-state index contributed by atoms with van der Waals surface area (Å²) in [6.45, 7) is 0. The van der Waals surface area contributed by atoms with Crippen LogP contribution in [0.1, 0.15) is 0 Å². The quantitative estimate of drug-likeness (QED) is 0.296. The van der Waals surface area contributed by atoms with Crippen LogP contribution in [0.15, 0.2) is 66.7 Å². The molecule has 156 valence electrons. The number of halogens is 4. The zero-order valence-corrected chi connectivity index (χ0v) is 18.3. The molecule has 0 atom stereocenters. The number of aromatic nitrogens is 2. The molecule has 4 nitrogen and oxygen atoms in total. The van der Waals surface area contributed by atoms with Crippen LogP contribution in [0.5, 0.6) is 17.6 Å². The van der Waals surface area contributed by atoms with Crippen LogP contribution in [0.25, 0.3) is 22.4 Å². The summed E-state index contributed by atoms with van der Waals surface area (Å²) in [6, 6.07) is 17.9. The van der Waals surface area contributed by atoms with Gasteiger partial charge in [-0.3, -0.25) is 0 Å². The molecule has 0 N–H and O–H groups in total. The van der Waals surface area contributed by atoms with E-state index in [-0.39, 0.29) is 17.7 Å². The topological polar surface area (TPSA) is 44.2 Å². The summed E-state index contributed by atoms with van der Waals surface area (Å²) in [5, 5.41) is 1.46. The van der Waals surface area contributed by atoms with Gasteiger partial charge in [0.15, 0.2) is 0 Å². The highest BCUT2D eigenvalue weighted by molar-refractivity contribution is 6.36. The van der Waals surface area contributed by atoms with E-state index in [1.54, 1.807) is 30.3 Å². The van der Waals surface area contributed by atoms with Gasteiger partial charge in [0.05, 0.1) is 23.4 Å². The minimum absolute atomic E-state index is 0.0795. The second-order valence-electron chi connectivity index (χ2n) is 6.43. The van der Waals surface area contributed by atoms with E-state index in [2.05, 4.69) is 9.97 Å². The van der Waals surface area contributed by atoms with Crippen molar-refractivity contribution in [2.75, 3.05) is 7.11 Å². The minimum atomic E-state index is -0.376. The van der Waals surface area contributed by atoms with Crippen molar-refractivity contribution in [2.45, 2.75) is 0 Å². The molecule has 0 bridgehead atoms. The van der Waals surface area contributed by atoms with Crippen molar-refractivity contribution in [3.8, 4) is 40.0 Å². The minimum Gasteiger partial charge on any atom is -0.467 e. The summed E-state index contributed by atoms with van der Waals surface area (Å²) in [4.78, 5) is 8.92. The molecule has 0 saturated carbocycles. The Kier molecular flexibility index (Phi) is 6.28.